The van der Waals surface area contributed by atoms with Crippen molar-refractivity contribution >= 4 is 30.1 Å². The molecule has 2 aliphatic heterocycles. The number of likely N-dealkylation sites (tertiary alicyclic amines) is 1. The van der Waals surface area contributed by atoms with Crippen molar-refractivity contribution < 1.29 is 14.4 Å². The van der Waals surface area contributed by atoms with Crippen LogP contribution in [-0.2, 0) is 6.54 Å². The van der Waals surface area contributed by atoms with Gasteiger partial charge in [-0.1, -0.05) is 24.3 Å². The smallest absolute Gasteiger partial charge is 0.261 e. The minimum atomic E-state index is -0.286. The number of amides is 3. The first-order valence-electron chi connectivity index (χ1n) is 9.59. The maximum absolute atomic E-state index is 12.8. The highest BCUT2D eigenvalue weighted by atomic mass is 35.5. The maximum atomic E-state index is 12.8. The Balaban J connectivity index is 0.00000240. The molecule has 2 aromatic carbocycles. The Morgan fingerprint density at radius 1 is 1.00 bits per heavy atom. The summed E-state index contributed by atoms with van der Waals surface area (Å²) in [5.41, 5.74) is 2.24. The van der Waals surface area contributed by atoms with Gasteiger partial charge in [-0.25, -0.2) is 0 Å². The number of nitrogens with one attached hydrogen (secondary N) is 1. The van der Waals surface area contributed by atoms with E-state index in [0.29, 0.717) is 22.7 Å². The van der Waals surface area contributed by atoms with Crippen molar-refractivity contribution in [1.82, 2.24) is 15.1 Å². The summed E-state index contributed by atoms with van der Waals surface area (Å²) < 4.78 is 0. The molecular weight excluding hydrogens is 390 g/mol. The highest BCUT2D eigenvalue weighted by Crippen LogP contribution is 2.24. The fourth-order valence-electron chi connectivity index (χ4n) is 3.92. The van der Waals surface area contributed by atoms with Crippen LogP contribution in [0.1, 0.15) is 49.5 Å². The third kappa shape index (κ3) is 4.04. The first-order chi connectivity index (χ1) is 13.6. The van der Waals surface area contributed by atoms with Crippen molar-refractivity contribution in [3.8, 4) is 0 Å². The molecule has 0 atom stereocenters. The molecular formula is C22H24ClN3O3. The van der Waals surface area contributed by atoms with Gasteiger partial charge in [-0.2, -0.15) is 0 Å². The quantitative estimate of drug-likeness (QED) is 0.782. The molecule has 1 saturated heterocycles. The molecule has 0 bridgehead atoms. The number of nitrogens with zero attached hydrogens (tertiary/aromatic N) is 2. The molecule has 0 unspecified atom stereocenters. The van der Waals surface area contributed by atoms with E-state index in [1.807, 2.05) is 18.0 Å². The lowest BCUT2D eigenvalue weighted by Gasteiger charge is -2.32. The first kappa shape index (κ1) is 21.0. The van der Waals surface area contributed by atoms with E-state index in [1.54, 1.807) is 42.5 Å². The van der Waals surface area contributed by atoms with Gasteiger partial charge < -0.3 is 10.2 Å². The van der Waals surface area contributed by atoms with Crippen LogP contribution in [0.4, 0.5) is 0 Å². The number of halogens is 1. The van der Waals surface area contributed by atoms with Gasteiger partial charge in [-0.3, -0.25) is 19.3 Å². The Morgan fingerprint density at radius 2 is 1.62 bits per heavy atom. The normalized spacial score (nSPS) is 16.6. The molecule has 4 rings (SSSR count). The fraction of sp³-hybridized carbons (Fsp3) is 0.318. The van der Waals surface area contributed by atoms with Gasteiger partial charge in [0.25, 0.3) is 17.7 Å². The summed E-state index contributed by atoms with van der Waals surface area (Å²) >= 11 is 0. The number of hydrogen-bond acceptors (Lipinski definition) is 4. The molecule has 2 aliphatic rings. The van der Waals surface area contributed by atoms with E-state index in [4.69, 9.17) is 0 Å². The van der Waals surface area contributed by atoms with Gasteiger partial charge >= 0.3 is 0 Å². The molecule has 152 valence electrons. The zero-order chi connectivity index (χ0) is 19.7. The highest BCUT2D eigenvalue weighted by Gasteiger charge is 2.35. The van der Waals surface area contributed by atoms with Crippen LogP contribution >= 0.6 is 12.4 Å². The highest BCUT2D eigenvalue weighted by molar-refractivity contribution is 6.21. The van der Waals surface area contributed by atoms with E-state index in [0.717, 1.165) is 31.5 Å². The van der Waals surface area contributed by atoms with Crippen molar-refractivity contribution in [2.45, 2.75) is 25.4 Å². The fourth-order valence-corrected chi connectivity index (χ4v) is 3.92. The van der Waals surface area contributed by atoms with Gasteiger partial charge in [0.15, 0.2) is 0 Å². The van der Waals surface area contributed by atoms with Crippen LogP contribution in [0.25, 0.3) is 0 Å². The number of piperidine rings is 1. The van der Waals surface area contributed by atoms with E-state index >= 15 is 0 Å². The minimum Gasteiger partial charge on any atom is -0.339 e. The van der Waals surface area contributed by atoms with Gasteiger partial charge in [0, 0.05) is 24.7 Å². The second-order valence-corrected chi connectivity index (χ2v) is 7.30. The van der Waals surface area contributed by atoms with Gasteiger partial charge in [-0.05, 0) is 49.7 Å². The lowest BCUT2D eigenvalue weighted by Crippen LogP contribution is -2.44. The number of imide groups is 1. The topological polar surface area (TPSA) is 69.7 Å². The van der Waals surface area contributed by atoms with E-state index in [-0.39, 0.29) is 36.7 Å². The van der Waals surface area contributed by atoms with Crippen molar-refractivity contribution in [3.63, 3.8) is 0 Å². The SMILES string of the molecule is CNC1CCN(C(=O)c2cccc(CN3C(=O)c4ccccc4C3=O)c2)CC1.Cl. The second kappa shape index (κ2) is 8.76. The van der Waals surface area contributed by atoms with E-state index in [2.05, 4.69) is 5.32 Å². The summed E-state index contributed by atoms with van der Waals surface area (Å²) in [6, 6.07) is 14.5. The Morgan fingerprint density at radius 3 is 2.21 bits per heavy atom. The predicted octanol–water partition coefficient (Wildman–Crippen LogP) is 2.73. The van der Waals surface area contributed by atoms with Crippen molar-refractivity contribution in [1.29, 1.82) is 0 Å². The summed E-state index contributed by atoms with van der Waals surface area (Å²) in [5.74, 6) is -0.573. The van der Waals surface area contributed by atoms with Crippen LogP contribution in [0.5, 0.6) is 0 Å². The summed E-state index contributed by atoms with van der Waals surface area (Å²) in [6.07, 6.45) is 1.88. The largest absolute Gasteiger partial charge is 0.339 e. The van der Waals surface area contributed by atoms with Gasteiger partial charge in [0.05, 0.1) is 17.7 Å². The molecule has 6 nitrogen and oxygen atoms in total. The standard InChI is InChI=1S/C22H23N3O3.ClH/c1-23-17-9-11-24(12-10-17)20(26)16-6-4-5-15(13-16)14-25-21(27)18-7-2-3-8-19(18)22(25)28;/h2-8,13,17,23H,9-12,14H2,1H3;1H. The Kier molecular flexibility index (Phi) is 6.35. The Labute approximate surface area is 176 Å². The summed E-state index contributed by atoms with van der Waals surface area (Å²) in [4.78, 5) is 41.1. The van der Waals surface area contributed by atoms with Crippen molar-refractivity contribution in [2.75, 3.05) is 20.1 Å². The lowest BCUT2D eigenvalue weighted by atomic mass is 10.0. The Bertz CT molecular complexity index is 903. The molecule has 1 N–H and O–H groups in total. The third-order valence-electron chi connectivity index (χ3n) is 5.58. The molecule has 0 aliphatic carbocycles. The monoisotopic (exact) mass is 413 g/mol. The number of rotatable bonds is 4. The number of fused-ring (bicyclic) bond motifs is 1. The van der Waals surface area contributed by atoms with Crippen LogP contribution in [0, 0.1) is 0 Å². The number of carbonyl (C=O) groups excluding carboxylic acids is 3. The van der Waals surface area contributed by atoms with Crippen LogP contribution in [0.15, 0.2) is 48.5 Å². The van der Waals surface area contributed by atoms with Crippen LogP contribution < -0.4 is 5.32 Å². The molecule has 2 aromatic rings. The molecule has 0 saturated carbocycles. The lowest BCUT2D eigenvalue weighted by molar-refractivity contribution is 0.0642. The molecule has 29 heavy (non-hydrogen) atoms. The van der Waals surface area contributed by atoms with E-state index < -0.39 is 0 Å². The third-order valence-corrected chi connectivity index (χ3v) is 5.58. The average Bonchev–Trinajstić information content (AvgIpc) is 2.98. The molecule has 2 heterocycles. The molecule has 0 aromatic heterocycles. The first-order valence-corrected chi connectivity index (χ1v) is 9.59. The van der Waals surface area contributed by atoms with Gasteiger partial charge in [0.2, 0.25) is 0 Å². The van der Waals surface area contributed by atoms with E-state index in [9.17, 15) is 14.4 Å². The molecule has 0 radical (unpaired) electrons. The van der Waals surface area contributed by atoms with Crippen molar-refractivity contribution in [2.24, 2.45) is 0 Å². The zero-order valence-corrected chi connectivity index (χ0v) is 17.1. The second-order valence-electron chi connectivity index (χ2n) is 7.30. The number of benzene rings is 2. The maximum Gasteiger partial charge on any atom is 0.261 e. The Hall–Kier alpha value is -2.70. The molecule has 1 fully saturated rings. The van der Waals surface area contributed by atoms with Crippen LogP contribution in [-0.4, -0.2) is 53.7 Å². The van der Waals surface area contributed by atoms with Crippen LogP contribution in [0.2, 0.25) is 0 Å². The summed E-state index contributed by atoms with van der Waals surface area (Å²) in [5, 5.41) is 3.26. The van der Waals surface area contributed by atoms with Gasteiger partial charge in [-0.15, -0.1) is 12.4 Å². The van der Waals surface area contributed by atoms with Crippen molar-refractivity contribution in [3.05, 3.63) is 70.8 Å². The summed E-state index contributed by atoms with van der Waals surface area (Å²) in [6.45, 7) is 1.62. The molecule has 7 heteroatoms. The molecule has 3 amide bonds. The van der Waals surface area contributed by atoms with Gasteiger partial charge in [0.1, 0.15) is 0 Å². The van der Waals surface area contributed by atoms with E-state index in [1.165, 1.54) is 4.90 Å². The minimum absolute atomic E-state index is 0. The molecule has 0 spiro atoms. The predicted molar refractivity (Wildman–Crippen MR) is 112 cm³/mol. The van der Waals surface area contributed by atoms with Crippen LogP contribution in [0.3, 0.4) is 0 Å². The average molecular weight is 414 g/mol. The number of hydrogen-bond donors (Lipinski definition) is 1. The summed E-state index contributed by atoms with van der Waals surface area (Å²) in [7, 11) is 1.95. The zero-order valence-electron chi connectivity index (χ0n) is 16.3. The number of carbonyl (C=O) groups is 3.